The lowest BCUT2D eigenvalue weighted by molar-refractivity contribution is -0.122. The molecule has 3 atom stereocenters. The molecule has 0 spiro atoms. The molecule has 0 heterocycles. The molecular weight excluding hydrogens is 352 g/mol. The Labute approximate surface area is 140 Å². The molecule has 0 saturated heterocycles. The minimum Gasteiger partial charge on any atom is -0.349 e. The number of fused-ring (bicyclic) bond motifs is 1. The highest BCUT2D eigenvalue weighted by Crippen LogP contribution is 2.33. The zero-order valence-electron chi connectivity index (χ0n) is 12.0. The molecule has 1 aromatic carbocycles. The summed E-state index contributed by atoms with van der Waals surface area (Å²) in [5, 5.41) is 3.19. The Hall–Kier alpha value is -0.580. The molecule has 2 aliphatic rings. The summed E-state index contributed by atoms with van der Waals surface area (Å²) in [6.07, 6.45) is 5.97. The van der Waals surface area contributed by atoms with Crippen LogP contribution in [0.3, 0.4) is 0 Å². The van der Waals surface area contributed by atoms with Crippen molar-refractivity contribution in [3.8, 4) is 0 Å². The molecule has 3 N–H and O–H groups in total. The number of hydrogen-bond acceptors (Lipinski definition) is 2. The van der Waals surface area contributed by atoms with E-state index < -0.39 is 0 Å². The maximum absolute atomic E-state index is 12.2. The van der Waals surface area contributed by atoms with Gasteiger partial charge < -0.3 is 11.1 Å². The highest BCUT2D eigenvalue weighted by Gasteiger charge is 2.28. The van der Waals surface area contributed by atoms with Crippen LogP contribution in [0.2, 0.25) is 0 Å². The molecule has 0 aromatic heterocycles. The molecule has 1 amide bonds. The summed E-state index contributed by atoms with van der Waals surface area (Å²) in [4.78, 5) is 12.2. The lowest BCUT2D eigenvalue weighted by Gasteiger charge is -2.18. The molecule has 116 valence electrons. The third-order valence-corrected chi connectivity index (χ3v) is 5.18. The van der Waals surface area contributed by atoms with Crippen LogP contribution < -0.4 is 11.1 Å². The molecule has 3 nitrogen and oxygen atoms in total. The van der Waals surface area contributed by atoms with Crippen molar-refractivity contribution in [2.24, 2.45) is 11.7 Å². The third kappa shape index (κ3) is 3.79. The summed E-state index contributed by atoms with van der Waals surface area (Å²) in [5.41, 5.74) is 8.67. The predicted octanol–water partition coefficient (Wildman–Crippen LogP) is 3.49. The SMILES string of the molecule is Cl.N[C@@H]1CCC[C@H]1CC(=O)NC1CCc2cc(Br)ccc21. The Morgan fingerprint density at radius 2 is 2.14 bits per heavy atom. The van der Waals surface area contributed by atoms with Gasteiger partial charge in [-0.1, -0.05) is 28.4 Å². The third-order valence-electron chi connectivity index (χ3n) is 4.68. The Morgan fingerprint density at radius 1 is 1.33 bits per heavy atom. The van der Waals surface area contributed by atoms with Crippen LogP contribution in [-0.2, 0) is 11.2 Å². The number of aryl methyl sites for hydroxylation is 1. The van der Waals surface area contributed by atoms with Gasteiger partial charge in [0.15, 0.2) is 0 Å². The Balaban J connectivity index is 0.00000161. The second-order valence-corrected chi connectivity index (χ2v) is 6.98. The number of nitrogens with one attached hydrogen (secondary N) is 1. The second kappa shape index (κ2) is 7.12. The van der Waals surface area contributed by atoms with Crippen molar-refractivity contribution >= 4 is 34.2 Å². The van der Waals surface area contributed by atoms with Crippen molar-refractivity contribution in [3.05, 3.63) is 33.8 Å². The summed E-state index contributed by atoms with van der Waals surface area (Å²) in [6, 6.07) is 6.74. The quantitative estimate of drug-likeness (QED) is 0.852. The molecule has 0 radical (unpaired) electrons. The molecule has 1 aromatic rings. The van der Waals surface area contributed by atoms with E-state index in [0.29, 0.717) is 12.3 Å². The van der Waals surface area contributed by atoms with Gasteiger partial charge in [0.2, 0.25) is 5.91 Å². The molecule has 21 heavy (non-hydrogen) atoms. The van der Waals surface area contributed by atoms with Gasteiger partial charge in [-0.3, -0.25) is 4.79 Å². The number of hydrogen-bond donors (Lipinski definition) is 2. The van der Waals surface area contributed by atoms with Crippen LogP contribution >= 0.6 is 28.3 Å². The number of halogens is 2. The largest absolute Gasteiger partial charge is 0.349 e. The van der Waals surface area contributed by atoms with Crippen LogP contribution in [0.4, 0.5) is 0 Å². The number of nitrogens with two attached hydrogens (primary N) is 1. The summed E-state index contributed by atoms with van der Waals surface area (Å²) in [5.74, 6) is 0.536. The number of amides is 1. The number of benzene rings is 1. The van der Waals surface area contributed by atoms with E-state index >= 15 is 0 Å². The summed E-state index contributed by atoms with van der Waals surface area (Å²) < 4.78 is 1.11. The van der Waals surface area contributed by atoms with Crippen LogP contribution in [0.15, 0.2) is 22.7 Å². The van der Waals surface area contributed by atoms with E-state index in [9.17, 15) is 4.79 Å². The predicted molar refractivity (Wildman–Crippen MR) is 90.5 cm³/mol. The maximum atomic E-state index is 12.2. The van der Waals surface area contributed by atoms with Crippen molar-refractivity contribution < 1.29 is 4.79 Å². The topological polar surface area (TPSA) is 55.1 Å². The van der Waals surface area contributed by atoms with Gasteiger partial charge in [0.05, 0.1) is 6.04 Å². The minimum absolute atomic E-state index is 0. The fraction of sp³-hybridized carbons (Fsp3) is 0.562. The van der Waals surface area contributed by atoms with Crippen molar-refractivity contribution in [2.75, 3.05) is 0 Å². The highest BCUT2D eigenvalue weighted by atomic mass is 79.9. The first-order valence-corrected chi connectivity index (χ1v) is 8.26. The van der Waals surface area contributed by atoms with Gasteiger partial charge in [0.25, 0.3) is 0 Å². The maximum Gasteiger partial charge on any atom is 0.220 e. The Bertz CT molecular complexity index is 523. The van der Waals surface area contributed by atoms with Gasteiger partial charge in [-0.2, -0.15) is 0 Å². The average molecular weight is 374 g/mol. The van der Waals surface area contributed by atoms with Gasteiger partial charge in [-0.15, -0.1) is 12.4 Å². The second-order valence-electron chi connectivity index (χ2n) is 6.06. The minimum atomic E-state index is 0. The fourth-order valence-corrected chi connectivity index (χ4v) is 3.95. The highest BCUT2D eigenvalue weighted by molar-refractivity contribution is 9.10. The zero-order valence-corrected chi connectivity index (χ0v) is 14.4. The first-order chi connectivity index (χ1) is 9.63. The van der Waals surface area contributed by atoms with E-state index in [-0.39, 0.29) is 30.4 Å². The summed E-state index contributed by atoms with van der Waals surface area (Å²) in [7, 11) is 0. The monoisotopic (exact) mass is 372 g/mol. The molecule has 5 heteroatoms. The van der Waals surface area contributed by atoms with Gasteiger partial charge >= 0.3 is 0 Å². The van der Waals surface area contributed by atoms with Crippen molar-refractivity contribution in [1.82, 2.24) is 5.32 Å². The summed E-state index contributed by atoms with van der Waals surface area (Å²) in [6.45, 7) is 0. The number of rotatable bonds is 3. The summed E-state index contributed by atoms with van der Waals surface area (Å²) >= 11 is 3.50. The smallest absolute Gasteiger partial charge is 0.220 e. The Kier molecular flexibility index (Phi) is 5.69. The van der Waals surface area contributed by atoms with Crippen molar-refractivity contribution in [2.45, 2.75) is 50.6 Å². The van der Waals surface area contributed by atoms with E-state index in [4.69, 9.17) is 5.73 Å². The van der Waals surface area contributed by atoms with Crippen LogP contribution in [0.5, 0.6) is 0 Å². The standard InChI is InChI=1S/C16H21BrN2O.ClH/c17-12-5-6-13-10(8-12)4-7-15(13)19-16(20)9-11-2-1-3-14(11)18;/h5-6,8,11,14-15H,1-4,7,9,18H2,(H,19,20);1H/t11-,14+,15?;/m0./s1. The lowest BCUT2D eigenvalue weighted by Crippen LogP contribution is -2.33. The molecule has 0 bridgehead atoms. The van der Waals surface area contributed by atoms with Gasteiger partial charge in [-0.05, 0) is 54.9 Å². The average Bonchev–Trinajstić information content (AvgIpc) is 2.97. The van der Waals surface area contributed by atoms with Crippen LogP contribution in [0.25, 0.3) is 0 Å². The molecule has 0 aliphatic heterocycles. The van der Waals surface area contributed by atoms with E-state index in [0.717, 1.165) is 30.2 Å². The van der Waals surface area contributed by atoms with Gasteiger partial charge in [0.1, 0.15) is 0 Å². The van der Waals surface area contributed by atoms with Crippen LogP contribution in [0, 0.1) is 5.92 Å². The molecule has 3 rings (SSSR count). The van der Waals surface area contributed by atoms with E-state index in [1.54, 1.807) is 0 Å². The molecule has 2 aliphatic carbocycles. The molecule has 1 saturated carbocycles. The van der Waals surface area contributed by atoms with Gasteiger partial charge in [-0.25, -0.2) is 0 Å². The van der Waals surface area contributed by atoms with Crippen LogP contribution in [0.1, 0.15) is 49.3 Å². The molecule has 1 fully saturated rings. The fourth-order valence-electron chi connectivity index (χ4n) is 3.55. The van der Waals surface area contributed by atoms with E-state index in [2.05, 4.69) is 39.4 Å². The first kappa shape index (κ1) is 16.8. The molecule has 1 unspecified atom stereocenters. The van der Waals surface area contributed by atoms with Crippen LogP contribution in [-0.4, -0.2) is 11.9 Å². The zero-order chi connectivity index (χ0) is 14.1. The Morgan fingerprint density at radius 3 is 2.86 bits per heavy atom. The number of carbonyl (C=O) groups excluding carboxylic acids is 1. The van der Waals surface area contributed by atoms with E-state index in [1.165, 1.54) is 17.5 Å². The lowest BCUT2D eigenvalue weighted by atomic mass is 9.99. The normalized spacial score (nSPS) is 27.0. The van der Waals surface area contributed by atoms with Crippen molar-refractivity contribution in [1.29, 1.82) is 0 Å². The van der Waals surface area contributed by atoms with Crippen molar-refractivity contribution in [3.63, 3.8) is 0 Å². The first-order valence-electron chi connectivity index (χ1n) is 7.47. The van der Waals surface area contributed by atoms with E-state index in [1.807, 2.05) is 0 Å². The molecular formula is C16H22BrClN2O. The number of carbonyl (C=O) groups is 1. The van der Waals surface area contributed by atoms with Gasteiger partial charge in [0, 0.05) is 16.9 Å².